The minimum Gasteiger partial charge on any atom is -0.359 e. The molecule has 0 aliphatic carbocycles. The number of carbonyl (C=O) groups is 1. The number of nitrogens with one attached hydrogen (secondary N) is 1. The van der Waals surface area contributed by atoms with E-state index >= 15 is 0 Å². The van der Waals surface area contributed by atoms with Crippen LogP contribution in [0.15, 0.2) is 59.5 Å². The molecule has 2 aliphatic rings. The van der Waals surface area contributed by atoms with Crippen LogP contribution < -0.4 is 10.4 Å². The molecule has 0 bridgehead atoms. The Hall–Kier alpha value is -3.12. The van der Waals surface area contributed by atoms with Crippen molar-refractivity contribution in [3.8, 4) is 11.3 Å². The highest BCUT2D eigenvalue weighted by atomic mass is 35.5. The molecular weight excluding hydrogens is 330 g/mol. The average Bonchev–Trinajstić information content (AvgIpc) is 2.92. The quantitative estimate of drug-likeness (QED) is 0.609. The second-order valence-electron chi connectivity index (χ2n) is 5.14. The van der Waals surface area contributed by atoms with Crippen LogP contribution in [0.1, 0.15) is 10.4 Å². The molecule has 0 radical (unpaired) electrons. The fraction of sp³-hybridized carbons (Fsp3) is 0. The Morgan fingerprint density at radius 3 is 2.71 bits per heavy atom. The number of aromatic amines is 1. The lowest BCUT2D eigenvalue weighted by molar-refractivity contribution is 0.0379. The van der Waals surface area contributed by atoms with Crippen LogP contribution in [0.4, 0.5) is 0 Å². The van der Waals surface area contributed by atoms with Gasteiger partial charge in [0.05, 0.1) is 21.7 Å². The van der Waals surface area contributed by atoms with Crippen molar-refractivity contribution >= 4 is 28.5 Å². The van der Waals surface area contributed by atoms with Crippen molar-refractivity contribution in [2.24, 2.45) is 0 Å². The summed E-state index contributed by atoms with van der Waals surface area (Å²) in [6.07, 6.45) is 1.51. The van der Waals surface area contributed by atoms with Crippen molar-refractivity contribution in [1.82, 2.24) is 14.9 Å². The van der Waals surface area contributed by atoms with E-state index in [9.17, 15) is 9.59 Å². The van der Waals surface area contributed by atoms with Gasteiger partial charge in [0.15, 0.2) is 0 Å². The van der Waals surface area contributed by atoms with Crippen molar-refractivity contribution in [3.63, 3.8) is 0 Å². The van der Waals surface area contributed by atoms with Gasteiger partial charge in [-0.3, -0.25) is 4.79 Å². The van der Waals surface area contributed by atoms with Gasteiger partial charge in [0.2, 0.25) is 0 Å². The Morgan fingerprint density at radius 1 is 1.12 bits per heavy atom. The zero-order chi connectivity index (χ0) is 16.7. The number of rotatable bonds is 2. The molecule has 6 nitrogen and oxygen atoms in total. The van der Waals surface area contributed by atoms with Gasteiger partial charge in [0.25, 0.3) is 0 Å². The third-order valence-electron chi connectivity index (χ3n) is 3.66. The smallest absolute Gasteiger partial charge is 0.359 e. The highest BCUT2D eigenvalue weighted by Crippen LogP contribution is 2.29. The topological polar surface area (TPSA) is 77.0 Å². The van der Waals surface area contributed by atoms with Gasteiger partial charge in [-0.25, -0.2) is 4.79 Å². The van der Waals surface area contributed by atoms with Gasteiger partial charge in [-0.05, 0) is 23.0 Å². The van der Waals surface area contributed by atoms with E-state index in [2.05, 4.69) is 10.1 Å². The van der Waals surface area contributed by atoms with Gasteiger partial charge < -0.3 is 9.82 Å². The normalized spacial score (nSPS) is 11.0. The molecule has 0 spiro atoms. The molecule has 2 heterocycles. The number of pyridine rings is 1. The summed E-state index contributed by atoms with van der Waals surface area (Å²) in [7, 11) is 0. The monoisotopic (exact) mass is 339 g/mol. The number of para-hydroxylation sites is 1. The molecule has 2 aliphatic heterocycles. The molecule has 0 saturated carbocycles. The fourth-order valence-corrected chi connectivity index (χ4v) is 2.73. The van der Waals surface area contributed by atoms with Crippen LogP contribution in [0.25, 0.3) is 22.2 Å². The van der Waals surface area contributed by atoms with E-state index in [0.717, 1.165) is 0 Å². The molecule has 2 aromatic carbocycles. The number of H-pyrrole nitrogens is 1. The fourth-order valence-electron chi connectivity index (χ4n) is 2.50. The van der Waals surface area contributed by atoms with Crippen LogP contribution in [0.3, 0.4) is 0 Å². The summed E-state index contributed by atoms with van der Waals surface area (Å²) >= 11 is 6.14. The maximum absolute atomic E-state index is 12.4. The average molecular weight is 340 g/mol. The summed E-state index contributed by atoms with van der Waals surface area (Å²) in [4.78, 5) is 33.3. The molecule has 4 rings (SSSR count). The highest BCUT2D eigenvalue weighted by molar-refractivity contribution is 6.35. The molecule has 0 fully saturated rings. The third-order valence-corrected chi connectivity index (χ3v) is 3.97. The summed E-state index contributed by atoms with van der Waals surface area (Å²) in [6.45, 7) is 0. The van der Waals surface area contributed by atoms with Crippen molar-refractivity contribution in [2.45, 2.75) is 0 Å². The van der Waals surface area contributed by atoms with E-state index in [-0.39, 0.29) is 0 Å². The molecule has 7 heteroatoms. The van der Waals surface area contributed by atoms with Gasteiger partial charge in [-0.1, -0.05) is 41.9 Å². The summed E-state index contributed by atoms with van der Waals surface area (Å²) in [5.41, 5.74) is 1.19. The SMILES string of the molecule is O=C(On1nc2c3cccc(Cl)c3[nH]cc-2c1=O)c1ccccc1. The molecule has 24 heavy (non-hydrogen) atoms. The predicted octanol–water partition coefficient (Wildman–Crippen LogP) is 2.75. The Labute approximate surface area is 140 Å². The number of hydrogen-bond donors (Lipinski definition) is 1. The van der Waals surface area contributed by atoms with Gasteiger partial charge in [0, 0.05) is 11.6 Å². The largest absolute Gasteiger partial charge is 0.365 e. The summed E-state index contributed by atoms with van der Waals surface area (Å²) in [5.74, 6) is -0.660. The lowest BCUT2D eigenvalue weighted by Gasteiger charge is -2.03. The zero-order valence-corrected chi connectivity index (χ0v) is 12.9. The minimum absolute atomic E-state index is 0.311. The van der Waals surface area contributed by atoms with E-state index in [1.165, 1.54) is 6.20 Å². The molecule has 0 amide bonds. The van der Waals surface area contributed by atoms with Crippen LogP contribution >= 0.6 is 11.6 Å². The Morgan fingerprint density at radius 2 is 1.92 bits per heavy atom. The van der Waals surface area contributed by atoms with E-state index in [4.69, 9.17) is 16.4 Å². The number of benzene rings is 2. The molecule has 0 aromatic heterocycles. The number of fused-ring (bicyclic) bond motifs is 3. The molecule has 0 unspecified atom stereocenters. The molecule has 2 aromatic rings. The lowest BCUT2D eigenvalue weighted by Crippen LogP contribution is -2.29. The van der Waals surface area contributed by atoms with Crippen molar-refractivity contribution < 1.29 is 9.63 Å². The van der Waals surface area contributed by atoms with Crippen molar-refractivity contribution in [3.05, 3.63) is 75.7 Å². The maximum atomic E-state index is 12.4. The maximum Gasteiger partial charge on any atom is 0.365 e. The van der Waals surface area contributed by atoms with Gasteiger partial charge in [-0.2, -0.15) is 0 Å². The molecular formula is C17H10ClN3O3. The number of hydrogen-bond acceptors (Lipinski definition) is 4. The zero-order valence-electron chi connectivity index (χ0n) is 12.2. The summed E-state index contributed by atoms with van der Waals surface area (Å²) in [5, 5.41) is 5.31. The first kappa shape index (κ1) is 14.5. The van der Waals surface area contributed by atoms with Gasteiger partial charge in [0.1, 0.15) is 5.69 Å². The predicted molar refractivity (Wildman–Crippen MR) is 89.3 cm³/mol. The number of aromatic nitrogens is 3. The summed E-state index contributed by atoms with van der Waals surface area (Å²) < 4.78 is 0. The van der Waals surface area contributed by atoms with Gasteiger partial charge >= 0.3 is 11.5 Å². The Bertz CT molecular complexity index is 1090. The van der Waals surface area contributed by atoms with Crippen molar-refractivity contribution in [2.75, 3.05) is 0 Å². The lowest BCUT2D eigenvalue weighted by atomic mass is 10.1. The number of halogens is 1. The van der Waals surface area contributed by atoms with E-state index < -0.39 is 11.5 Å². The third kappa shape index (κ3) is 2.24. The second kappa shape index (κ2) is 5.50. The first-order chi connectivity index (χ1) is 11.6. The van der Waals surface area contributed by atoms with E-state index in [0.29, 0.717) is 37.6 Å². The van der Waals surface area contributed by atoms with Crippen LogP contribution in [-0.4, -0.2) is 20.9 Å². The molecule has 118 valence electrons. The van der Waals surface area contributed by atoms with E-state index in [1.807, 2.05) is 0 Å². The molecule has 1 N–H and O–H groups in total. The van der Waals surface area contributed by atoms with Crippen molar-refractivity contribution in [1.29, 1.82) is 0 Å². The Balaban J connectivity index is 1.83. The van der Waals surface area contributed by atoms with Crippen LogP contribution in [0, 0.1) is 0 Å². The number of nitrogens with zero attached hydrogens (tertiary/aromatic N) is 2. The summed E-state index contributed by atoms with van der Waals surface area (Å²) in [6, 6.07) is 13.7. The molecule has 0 saturated heterocycles. The van der Waals surface area contributed by atoms with Crippen LogP contribution in [0.2, 0.25) is 5.02 Å². The first-order valence-electron chi connectivity index (χ1n) is 7.11. The minimum atomic E-state index is -0.660. The second-order valence-corrected chi connectivity index (χ2v) is 5.54. The molecule has 0 atom stereocenters. The standard InChI is InChI=1S/C17H10ClN3O3/c18-13-8-4-7-11-14-12(9-19-15(11)13)16(22)21(20-14)24-17(23)10-5-2-1-3-6-10/h1-9,19H. The highest BCUT2D eigenvalue weighted by Gasteiger charge is 2.21. The van der Waals surface area contributed by atoms with E-state index in [1.54, 1.807) is 48.5 Å². The Kier molecular flexibility index (Phi) is 3.32. The number of carbonyl (C=O) groups excluding carboxylic acids is 1. The van der Waals surface area contributed by atoms with Crippen LogP contribution in [-0.2, 0) is 0 Å². The van der Waals surface area contributed by atoms with Crippen LogP contribution in [0.5, 0.6) is 0 Å². The van der Waals surface area contributed by atoms with Gasteiger partial charge in [-0.15, -0.1) is 5.10 Å². The first-order valence-corrected chi connectivity index (χ1v) is 7.49.